The van der Waals surface area contributed by atoms with Gasteiger partial charge in [0.2, 0.25) is 9.84 Å². The normalized spacial score (nSPS) is 15.6. The summed E-state index contributed by atoms with van der Waals surface area (Å²) in [4.78, 5) is 0.191. The zero-order valence-corrected chi connectivity index (χ0v) is 34.0. The van der Waals surface area contributed by atoms with E-state index in [0.29, 0.717) is 54.5 Å². The lowest BCUT2D eigenvalue weighted by molar-refractivity contribution is -0.898. The topological polar surface area (TPSA) is 72.8 Å². The molecule has 1 aliphatic heterocycles. The zero-order chi connectivity index (χ0) is 39.8. The van der Waals surface area contributed by atoms with Crippen LogP contribution in [-0.2, 0) is 26.3 Å². The van der Waals surface area contributed by atoms with Gasteiger partial charge in [0.05, 0.1) is 37.0 Å². The minimum absolute atomic E-state index is 0.0739. The van der Waals surface area contributed by atoms with Crippen molar-refractivity contribution < 1.29 is 27.5 Å². The number of likely N-dealkylation sites (tertiary alicyclic amines) is 1. The number of nitrogens with zero attached hydrogens (tertiary/aromatic N) is 1. The summed E-state index contributed by atoms with van der Waals surface area (Å²) >= 11 is 0. The molecule has 56 heavy (non-hydrogen) atoms. The highest BCUT2D eigenvalue weighted by Crippen LogP contribution is 2.42. The number of aliphatic hydroxyl groups is 1. The van der Waals surface area contributed by atoms with Gasteiger partial charge in [0.15, 0.2) is 0 Å². The number of piperidine rings is 1. The summed E-state index contributed by atoms with van der Waals surface area (Å²) in [6.07, 6.45) is 0.840. The van der Waals surface area contributed by atoms with Crippen LogP contribution in [0.5, 0.6) is 23.0 Å². The first-order valence-electron chi connectivity index (χ1n) is 19.3. The van der Waals surface area contributed by atoms with Crippen LogP contribution in [0.4, 0.5) is 0 Å². The molecule has 6 aromatic rings. The van der Waals surface area contributed by atoms with Crippen LogP contribution in [0.15, 0.2) is 161 Å². The van der Waals surface area contributed by atoms with Crippen molar-refractivity contribution in [1.82, 2.24) is 0 Å². The van der Waals surface area contributed by atoms with Crippen LogP contribution in [0.1, 0.15) is 68.4 Å². The molecule has 0 amide bonds. The Morgan fingerprint density at radius 2 is 0.911 bits per heavy atom. The summed E-state index contributed by atoms with van der Waals surface area (Å²) in [5, 5.41) is 12.2. The first-order valence-corrected chi connectivity index (χ1v) is 20.8. The summed E-state index contributed by atoms with van der Waals surface area (Å²) in [6.45, 7) is 10.2. The van der Waals surface area contributed by atoms with Gasteiger partial charge in [-0.3, -0.25) is 0 Å². The molecular formula is C49H52NO5S+. The minimum Gasteiger partial charge on any atom is -0.457 e. The number of hydrogen-bond acceptors (Lipinski definition) is 5. The summed E-state index contributed by atoms with van der Waals surface area (Å²) < 4.78 is 42.0. The molecule has 0 bridgehead atoms. The Hall–Kier alpha value is -5.21. The molecule has 6 nitrogen and oxygen atoms in total. The van der Waals surface area contributed by atoms with E-state index in [1.807, 2.05) is 48.5 Å². The Morgan fingerprint density at radius 1 is 0.536 bits per heavy atom. The lowest BCUT2D eigenvalue weighted by Gasteiger charge is -2.42. The third-order valence-corrected chi connectivity index (χ3v) is 13.6. The largest absolute Gasteiger partial charge is 0.457 e. The minimum atomic E-state index is -4.04. The van der Waals surface area contributed by atoms with Crippen LogP contribution >= 0.6 is 0 Å². The van der Waals surface area contributed by atoms with E-state index in [-0.39, 0.29) is 20.6 Å². The van der Waals surface area contributed by atoms with Crippen molar-refractivity contribution >= 4 is 9.84 Å². The Bertz CT molecular complexity index is 2380. The van der Waals surface area contributed by atoms with Gasteiger partial charge in [-0.15, -0.1) is 0 Å². The van der Waals surface area contributed by atoms with Crippen molar-refractivity contribution in [2.45, 2.75) is 66.8 Å². The van der Waals surface area contributed by atoms with Crippen LogP contribution in [0.2, 0.25) is 0 Å². The molecule has 0 saturated carbocycles. The summed E-state index contributed by atoms with van der Waals surface area (Å²) in [7, 11) is 0.218. The lowest BCUT2D eigenvalue weighted by atomic mass is 9.78. The Balaban J connectivity index is 1.13. The van der Waals surface area contributed by atoms with Gasteiger partial charge >= 0.3 is 0 Å². The van der Waals surface area contributed by atoms with Crippen molar-refractivity contribution in [1.29, 1.82) is 0 Å². The number of benzene rings is 6. The lowest BCUT2D eigenvalue weighted by Crippen LogP contribution is -2.51. The fourth-order valence-corrected chi connectivity index (χ4v) is 9.19. The van der Waals surface area contributed by atoms with Gasteiger partial charge < -0.3 is 19.1 Å². The van der Waals surface area contributed by atoms with Gasteiger partial charge in [0, 0.05) is 29.2 Å². The molecule has 288 valence electrons. The van der Waals surface area contributed by atoms with Gasteiger partial charge in [-0.1, -0.05) is 113 Å². The van der Waals surface area contributed by atoms with E-state index >= 15 is 0 Å². The fraction of sp³-hybridized carbons (Fsp3) is 0.265. The Morgan fingerprint density at radius 3 is 1.36 bits per heavy atom. The number of sulfone groups is 1. The molecule has 6 aromatic carbocycles. The van der Waals surface area contributed by atoms with Crippen LogP contribution in [-0.4, -0.2) is 45.2 Å². The molecule has 1 heterocycles. The molecule has 0 atom stereocenters. The second-order valence-corrected chi connectivity index (χ2v) is 18.7. The predicted molar refractivity (Wildman–Crippen MR) is 223 cm³/mol. The van der Waals surface area contributed by atoms with Gasteiger partial charge in [0.25, 0.3) is 0 Å². The van der Waals surface area contributed by atoms with Crippen LogP contribution in [0.3, 0.4) is 0 Å². The van der Waals surface area contributed by atoms with Gasteiger partial charge in [-0.05, 0) is 89.0 Å². The third-order valence-electron chi connectivity index (χ3n) is 11.8. The molecule has 0 spiro atoms. The van der Waals surface area contributed by atoms with E-state index in [1.165, 1.54) is 11.1 Å². The maximum atomic E-state index is 14.4. The zero-order valence-electron chi connectivity index (χ0n) is 33.2. The van der Waals surface area contributed by atoms with Crippen LogP contribution in [0.25, 0.3) is 0 Å². The van der Waals surface area contributed by atoms with Crippen LogP contribution < -0.4 is 9.47 Å². The molecule has 0 radical (unpaired) electrons. The molecule has 0 aromatic heterocycles. The molecule has 1 aliphatic rings. The summed E-state index contributed by atoms with van der Waals surface area (Å²) in [5.41, 5.74) is 3.39. The number of ether oxygens (including phenoxy) is 2. The first kappa shape index (κ1) is 39.0. The second-order valence-electron chi connectivity index (χ2n) is 16.8. The SMILES string of the molecule is CC(C)(c1ccccc1)c1ccc(Oc2ccc(S(=O)(=O)c3ccc(Oc4ccc(C(C)(C)c5ccccc5)cc4)cc3C3(O)CC[N+](C)(C)CC3)cc2)cc1. The van der Waals surface area contributed by atoms with E-state index in [2.05, 4.69) is 102 Å². The maximum Gasteiger partial charge on any atom is 0.206 e. The van der Waals surface area contributed by atoms with Crippen molar-refractivity contribution in [3.8, 4) is 23.0 Å². The molecule has 0 aliphatic carbocycles. The van der Waals surface area contributed by atoms with Gasteiger partial charge in [0.1, 0.15) is 28.6 Å². The maximum absolute atomic E-state index is 14.4. The molecular weight excluding hydrogens is 715 g/mol. The molecule has 1 saturated heterocycles. The standard InChI is InChI=1S/C49H52NO5S/c1-47(2,36-13-9-7-10-14-36)38-17-21-40(22-18-38)54-42-25-28-44(29-26-42)56(52,53)46-30-27-43(35-45(46)49(51)31-33-50(5,6)34-32-49)55-41-23-19-39(20-24-41)48(3,4)37-15-11-8-12-16-37/h7-30,35,51H,31-34H2,1-6H3/q+1. The number of hydrogen-bond donors (Lipinski definition) is 1. The van der Waals surface area contributed by atoms with E-state index in [4.69, 9.17) is 9.47 Å². The molecule has 7 rings (SSSR count). The monoisotopic (exact) mass is 766 g/mol. The highest BCUT2D eigenvalue weighted by molar-refractivity contribution is 7.91. The van der Waals surface area contributed by atoms with Crippen LogP contribution in [0, 0.1) is 0 Å². The smallest absolute Gasteiger partial charge is 0.206 e. The van der Waals surface area contributed by atoms with Gasteiger partial charge in [-0.25, -0.2) is 8.42 Å². The average Bonchev–Trinajstić information content (AvgIpc) is 3.20. The van der Waals surface area contributed by atoms with Crippen molar-refractivity contribution in [3.63, 3.8) is 0 Å². The average molecular weight is 767 g/mol. The highest BCUT2D eigenvalue weighted by Gasteiger charge is 2.42. The first-order chi connectivity index (χ1) is 26.6. The molecule has 0 unspecified atom stereocenters. The van der Waals surface area contributed by atoms with Crippen molar-refractivity contribution in [3.05, 3.63) is 179 Å². The second kappa shape index (κ2) is 15.0. The van der Waals surface area contributed by atoms with Crippen molar-refractivity contribution in [2.24, 2.45) is 0 Å². The fourth-order valence-electron chi connectivity index (χ4n) is 7.66. The van der Waals surface area contributed by atoms with E-state index in [0.717, 1.165) is 15.6 Å². The summed E-state index contributed by atoms with van der Waals surface area (Å²) in [5.74, 6) is 2.26. The number of quaternary nitrogens is 1. The quantitative estimate of drug-likeness (QED) is 0.133. The molecule has 1 N–H and O–H groups in total. The van der Waals surface area contributed by atoms with E-state index in [1.54, 1.807) is 42.5 Å². The predicted octanol–water partition coefficient (Wildman–Crippen LogP) is 10.8. The van der Waals surface area contributed by atoms with Gasteiger partial charge in [-0.2, -0.15) is 0 Å². The third kappa shape index (κ3) is 8.03. The van der Waals surface area contributed by atoms with E-state index < -0.39 is 15.4 Å². The Labute approximate surface area is 332 Å². The number of rotatable bonds is 11. The van der Waals surface area contributed by atoms with E-state index in [9.17, 15) is 13.5 Å². The van der Waals surface area contributed by atoms with Crippen molar-refractivity contribution in [2.75, 3.05) is 27.2 Å². The summed E-state index contributed by atoms with van der Waals surface area (Å²) in [6, 6.07) is 48.2. The highest BCUT2D eigenvalue weighted by atomic mass is 32.2. The molecule has 1 fully saturated rings. The Kier molecular flexibility index (Phi) is 10.5. The molecule has 7 heteroatoms.